The van der Waals surface area contributed by atoms with Crippen molar-refractivity contribution in [2.75, 3.05) is 6.79 Å². The SMILES string of the molecule is Clc1ccc(-c2nc3cc(N=Cc4cc5c(cc4Cl)OCO5)ccc3o2)cc1. The van der Waals surface area contributed by atoms with Crippen LogP contribution in [-0.2, 0) is 0 Å². The van der Waals surface area contributed by atoms with Gasteiger partial charge in [-0.1, -0.05) is 23.2 Å². The highest BCUT2D eigenvalue weighted by Crippen LogP contribution is 2.36. The number of hydrogen-bond acceptors (Lipinski definition) is 5. The van der Waals surface area contributed by atoms with Crippen molar-refractivity contribution >= 4 is 46.2 Å². The van der Waals surface area contributed by atoms with Crippen LogP contribution in [0.15, 0.2) is 64.0 Å². The van der Waals surface area contributed by atoms with Crippen molar-refractivity contribution < 1.29 is 13.9 Å². The van der Waals surface area contributed by atoms with E-state index in [1.165, 1.54) is 0 Å². The summed E-state index contributed by atoms with van der Waals surface area (Å²) in [5, 5.41) is 1.21. The molecule has 138 valence electrons. The predicted octanol–water partition coefficient (Wildman–Crippen LogP) is 6.28. The maximum absolute atomic E-state index is 6.29. The molecule has 7 heteroatoms. The highest BCUT2D eigenvalue weighted by molar-refractivity contribution is 6.33. The van der Waals surface area contributed by atoms with Gasteiger partial charge >= 0.3 is 0 Å². The van der Waals surface area contributed by atoms with Gasteiger partial charge in [-0.2, -0.15) is 0 Å². The number of nitrogens with zero attached hydrogens (tertiary/aromatic N) is 2. The molecule has 5 rings (SSSR count). The van der Waals surface area contributed by atoms with Crippen LogP contribution in [0.1, 0.15) is 5.56 Å². The van der Waals surface area contributed by atoms with E-state index in [1.807, 2.05) is 30.3 Å². The lowest BCUT2D eigenvalue weighted by Gasteiger charge is -2.01. The van der Waals surface area contributed by atoms with Crippen LogP contribution in [0.3, 0.4) is 0 Å². The van der Waals surface area contributed by atoms with Gasteiger partial charge in [-0.05, 0) is 48.5 Å². The molecular weight excluding hydrogens is 399 g/mol. The topological polar surface area (TPSA) is 56.9 Å². The fourth-order valence-corrected chi connectivity index (χ4v) is 3.22. The van der Waals surface area contributed by atoms with Gasteiger partial charge in [-0.15, -0.1) is 0 Å². The molecule has 5 nitrogen and oxygen atoms in total. The maximum atomic E-state index is 6.29. The minimum Gasteiger partial charge on any atom is -0.454 e. The first-order valence-corrected chi connectivity index (χ1v) is 9.21. The summed E-state index contributed by atoms with van der Waals surface area (Å²) < 4.78 is 16.5. The van der Waals surface area contributed by atoms with Crippen molar-refractivity contribution in [2.45, 2.75) is 0 Å². The van der Waals surface area contributed by atoms with Gasteiger partial charge < -0.3 is 13.9 Å². The highest BCUT2D eigenvalue weighted by atomic mass is 35.5. The predicted molar refractivity (Wildman–Crippen MR) is 109 cm³/mol. The average Bonchev–Trinajstić information content (AvgIpc) is 3.32. The summed E-state index contributed by atoms with van der Waals surface area (Å²) in [4.78, 5) is 9.05. The third-order valence-electron chi connectivity index (χ3n) is 4.31. The largest absolute Gasteiger partial charge is 0.454 e. The molecule has 0 spiro atoms. The summed E-state index contributed by atoms with van der Waals surface area (Å²) in [5.41, 5.74) is 3.74. The van der Waals surface area contributed by atoms with E-state index in [-0.39, 0.29) is 6.79 Å². The summed E-state index contributed by atoms with van der Waals surface area (Å²) in [6.07, 6.45) is 1.69. The summed E-state index contributed by atoms with van der Waals surface area (Å²) in [5.74, 6) is 1.83. The van der Waals surface area contributed by atoms with Gasteiger partial charge in [-0.25, -0.2) is 4.98 Å². The van der Waals surface area contributed by atoms with E-state index >= 15 is 0 Å². The second kappa shape index (κ2) is 6.86. The van der Waals surface area contributed by atoms with E-state index < -0.39 is 0 Å². The van der Waals surface area contributed by atoms with Crippen molar-refractivity contribution in [3.63, 3.8) is 0 Å². The van der Waals surface area contributed by atoms with Crippen LogP contribution in [0, 0.1) is 0 Å². The Morgan fingerprint density at radius 3 is 2.54 bits per heavy atom. The minimum atomic E-state index is 0.199. The molecule has 1 aliphatic rings. The number of halogens is 2. The van der Waals surface area contributed by atoms with Crippen molar-refractivity contribution in [1.29, 1.82) is 0 Å². The van der Waals surface area contributed by atoms with E-state index in [2.05, 4.69) is 9.98 Å². The molecule has 0 unspecified atom stereocenters. The monoisotopic (exact) mass is 410 g/mol. The molecule has 0 aliphatic carbocycles. The third kappa shape index (κ3) is 3.19. The Morgan fingerprint density at radius 1 is 0.929 bits per heavy atom. The first kappa shape index (κ1) is 17.1. The lowest BCUT2D eigenvalue weighted by molar-refractivity contribution is 0.174. The maximum Gasteiger partial charge on any atom is 0.231 e. The van der Waals surface area contributed by atoms with E-state index in [1.54, 1.807) is 30.5 Å². The van der Waals surface area contributed by atoms with Crippen LogP contribution in [0.2, 0.25) is 10.0 Å². The zero-order chi connectivity index (χ0) is 19.1. The summed E-state index contributed by atoms with van der Waals surface area (Å²) in [7, 11) is 0. The van der Waals surface area contributed by atoms with Crippen LogP contribution < -0.4 is 9.47 Å². The Bertz CT molecular complexity index is 1220. The molecule has 0 N–H and O–H groups in total. The molecule has 2 heterocycles. The quantitative estimate of drug-likeness (QED) is 0.372. The zero-order valence-electron chi connectivity index (χ0n) is 14.4. The molecule has 0 fully saturated rings. The average molecular weight is 411 g/mol. The number of aliphatic imine (C=N–C) groups is 1. The van der Waals surface area contributed by atoms with Gasteiger partial charge in [0.15, 0.2) is 17.1 Å². The van der Waals surface area contributed by atoms with E-state index in [4.69, 9.17) is 37.1 Å². The number of fused-ring (bicyclic) bond motifs is 2. The Hall–Kier alpha value is -3.02. The zero-order valence-corrected chi connectivity index (χ0v) is 15.9. The lowest BCUT2D eigenvalue weighted by atomic mass is 10.2. The first-order chi connectivity index (χ1) is 13.7. The summed E-state index contributed by atoms with van der Waals surface area (Å²) in [6.45, 7) is 0.199. The molecule has 3 aromatic carbocycles. The molecule has 0 atom stereocenters. The van der Waals surface area contributed by atoms with Gasteiger partial charge in [0.2, 0.25) is 12.7 Å². The Balaban J connectivity index is 1.45. The first-order valence-electron chi connectivity index (χ1n) is 8.45. The number of aromatic nitrogens is 1. The second-order valence-electron chi connectivity index (χ2n) is 6.16. The van der Waals surface area contributed by atoms with Crippen LogP contribution in [-0.4, -0.2) is 18.0 Å². The number of hydrogen-bond donors (Lipinski definition) is 0. The van der Waals surface area contributed by atoms with Gasteiger partial charge in [0, 0.05) is 28.4 Å². The van der Waals surface area contributed by atoms with Gasteiger partial charge in [0.1, 0.15) is 5.52 Å². The molecule has 0 bridgehead atoms. The molecular formula is C21H12Cl2N2O3. The van der Waals surface area contributed by atoms with Gasteiger partial charge in [-0.3, -0.25) is 4.99 Å². The minimum absolute atomic E-state index is 0.199. The smallest absolute Gasteiger partial charge is 0.231 e. The van der Waals surface area contributed by atoms with Gasteiger partial charge in [0.05, 0.1) is 10.7 Å². The van der Waals surface area contributed by atoms with E-state index in [9.17, 15) is 0 Å². The molecule has 0 amide bonds. The Kier molecular flexibility index (Phi) is 4.19. The lowest BCUT2D eigenvalue weighted by Crippen LogP contribution is -1.92. The molecule has 1 aromatic heterocycles. The summed E-state index contributed by atoms with van der Waals surface area (Å²) in [6, 6.07) is 16.4. The molecule has 1 aliphatic heterocycles. The fraction of sp³-hybridized carbons (Fsp3) is 0.0476. The van der Waals surface area contributed by atoms with Crippen LogP contribution >= 0.6 is 23.2 Å². The number of ether oxygens (including phenoxy) is 2. The second-order valence-corrected chi connectivity index (χ2v) is 7.01. The molecule has 28 heavy (non-hydrogen) atoms. The molecule has 0 radical (unpaired) electrons. The van der Waals surface area contributed by atoms with Crippen molar-refractivity contribution in [3.8, 4) is 23.0 Å². The number of rotatable bonds is 3. The number of oxazole rings is 1. The van der Waals surface area contributed by atoms with Crippen LogP contribution in [0.25, 0.3) is 22.6 Å². The third-order valence-corrected chi connectivity index (χ3v) is 4.89. The standard InChI is InChI=1S/C21H12Cl2N2O3/c22-14-3-1-12(2-4-14)21-25-17-8-15(5-6-18(17)28-21)24-10-13-7-19-20(9-16(13)23)27-11-26-19/h1-10H,11H2. The molecule has 0 saturated carbocycles. The fourth-order valence-electron chi connectivity index (χ4n) is 2.89. The normalized spacial score (nSPS) is 12.9. The van der Waals surface area contributed by atoms with Crippen molar-refractivity contribution in [1.82, 2.24) is 4.98 Å². The summed E-state index contributed by atoms with van der Waals surface area (Å²) >= 11 is 12.2. The molecule has 4 aromatic rings. The van der Waals surface area contributed by atoms with Crippen molar-refractivity contribution in [2.24, 2.45) is 4.99 Å². The highest BCUT2D eigenvalue weighted by Gasteiger charge is 2.15. The van der Waals surface area contributed by atoms with Gasteiger partial charge in [0.25, 0.3) is 0 Å². The van der Waals surface area contributed by atoms with Crippen molar-refractivity contribution in [3.05, 3.63) is 70.2 Å². The van der Waals surface area contributed by atoms with Crippen LogP contribution in [0.5, 0.6) is 11.5 Å². The Labute approximate surface area is 170 Å². The molecule has 0 saturated heterocycles. The number of benzene rings is 3. The Morgan fingerprint density at radius 2 is 1.71 bits per heavy atom. The van der Waals surface area contributed by atoms with E-state index in [0.29, 0.717) is 33.0 Å². The van der Waals surface area contributed by atoms with E-state index in [0.717, 1.165) is 22.3 Å². The van der Waals surface area contributed by atoms with Crippen LogP contribution in [0.4, 0.5) is 5.69 Å².